The highest BCUT2D eigenvalue weighted by Crippen LogP contribution is 2.39. The van der Waals surface area contributed by atoms with E-state index in [0.29, 0.717) is 5.92 Å². The summed E-state index contributed by atoms with van der Waals surface area (Å²) >= 11 is 0. The minimum Gasteiger partial charge on any atom is -0.369 e. The lowest BCUT2D eigenvalue weighted by atomic mass is 10.1. The average molecular weight is 195 g/mol. The van der Waals surface area contributed by atoms with Crippen molar-refractivity contribution in [2.75, 3.05) is 0 Å². The lowest BCUT2D eigenvalue weighted by molar-refractivity contribution is -0.119. The molecular formula is C12H21NO. The molecule has 2 heteroatoms. The van der Waals surface area contributed by atoms with Crippen LogP contribution < -0.4 is 5.73 Å². The summed E-state index contributed by atoms with van der Waals surface area (Å²) in [6.45, 7) is 2.22. The zero-order valence-electron chi connectivity index (χ0n) is 9.04. The number of unbranched alkanes of at least 4 members (excludes halogenated alkanes) is 4. The second-order valence-electron chi connectivity index (χ2n) is 4.19. The Morgan fingerprint density at radius 3 is 2.79 bits per heavy atom. The maximum absolute atomic E-state index is 10.7. The van der Waals surface area contributed by atoms with Gasteiger partial charge in [0.15, 0.2) is 0 Å². The fourth-order valence-corrected chi connectivity index (χ4v) is 1.71. The third-order valence-corrected chi connectivity index (χ3v) is 2.81. The molecule has 80 valence electrons. The molecule has 1 aliphatic rings. The quantitative estimate of drug-likeness (QED) is 0.492. The first-order chi connectivity index (χ1) is 6.75. The van der Waals surface area contributed by atoms with Crippen molar-refractivity contribution in [3.05, 3.63) is 12.2 Å². The largest absolute Gasteiger partial charge is 0.369 e. The van der Waals surface area contributed by atoms with Gasteiger partial charge in [0.05, 0.1) is 0 Å². The highest BCUT2D eigenvalue weighted by atomic mass is 16.1. The molecular weight excluding hydrogens is 174 g/mol. The summed E-state index contributed by atoms with van der Waals surface area (Å²) in [7, 11) is 0. The number of rotatable bonds is 7. The number of hydrogen-bond acceptors (Lipinski definition) is 1. The SMILES string of the molecule is CCCCCC/C=C\[C@@H]1C[C@@H]1C(N)=O. The van der Waals surface area contributed by atoms with E-state index < -0.39 is 0 Å². The van der Waals surface area contributed by atoms with Crippen LogP contribution in [0.25, 0.3) is 0 Å². The van der Waals surface area contributed by atoms with Crippen LogP contribution in [-0.4, -0.2) is 5.91 Å². The summed E-state index contributed by atoms with van der Waals surface area (Å²) < 4.78 is 0. The zero-order valence-corrected chi connectivity index (χ0v) is 9.04. The molecule has 2 nitrogen and oxygen atoms in total. The van der Waals surface area contributed by atoms with Crippen LogP contribution in [0, 0.1) is 11.8 Å². The number of carbonyl (C=O) groups excluding carboxylic acids is 1. The van der Waals surface area contributed by atoms with E-state index in [9.17, 15) is 4.79 Å². The molecule has 0 aromatic rings. The topological polar surface area (TPSA) is 43.1 Å². The first kappa shape index (κ1) is 11.3. The molecule has 14 heavy (non-hydrogen) atoms. The van der Waals surface area contributed by atoms with E-state index in [0.717, 1.165) is 12.8 Å². The van der Waals surface area contributed by atoms with E-state index in [-0.39, 0.29) is 11.8 Å². The molecule has 1 aliphatic carbocycles. The predicted octanol–water partition coefficient (Wildman–Crippen LogP) is 2.63. The van der Waals surface area contributed by atoms with Crippen LogP contribution in [0.4, 0.5) is 0 Å². The highest BCUT2D eigenvalue weighted by Gasteiger charge is 2.39. The number of allylic oxidation sites excluding steroid dienone is 2. The molecule has 0 radical (unpaired) electrons. The second-order valence-corrected chi connectivity index (χ2v) is 4.19. The third kappa shape index (κ3) is 3.95. The van der Waals surface area contributed by atoms with Crippen molar-refractivity contribution < 1.29 is 4.79 Å². The number of hydrogen-bond donors (Lipinski definition) is 1. The van der Waals surface area contributed by atoms with Gasteiger partial charge in [0.1, 0.15) is 0 Å². The van der Waals surface area contributed by atoms with Gasteiger partial charge in [-0.3, -0.25) is 4.79 Å². The molecule has 0 bridgehead atoms. The van der Waals surface area contributed by atoms with Gasteiger partial charge in [-0.15, -0.1) is 0 Å². The summed E-state index contributed by atoms with van der Waals surface area (Å²) in [6, 6.07) is 0. The molecule has 0 aromatic heterocycles. The van der Waals surface area contributed by atoms with Gasteiger partial charge < -0.3 is 5.73 Å². The van der Waals surface area contributed by atoms with Crippen molar-refractivity contribution in [1.29, 1.82) is 0 Å². The van der Waals surface area contributed by atoms with Crippen LogP contribution in [0.2, 0.25) is 0 Å². The summed E-state index contributed by atoms with van der Waals surface area (Å²) in [5.74, 6) is 0.464. The first-order valence-electron chi connectivity index (χ1n) is 5.71. The normalized spacial score (nSPS) is 25.5. The molecule has 0 heterocycles. The molecule has 2 N–H and O–H groups in total. The fraction of sp³-hybridized carbons (Fsp3) is 0.750. The van der Waals surface area contributed by atoms with E-state index in [1.165, 1.54) is 25.7 Å². The van der Waals surface area contributed by atoms with Crippen molar-refractivity contribution in [2.45, 2.75) is 45.4 Å². The number of nitrogens with two attached hydrogens (primary N) is 1. The Bertz CT molecular complexity index is 210. The standard InChI is InChI=1S/C12H21NO/c1-2-3-4-5-6-7-8-10-9-11(10)12(13)14/h7-8,10-11H,2-6,9H2,1H3,(H2,13,14)/b8-7-/t10-,11+/m1/s1. The van der Waals surface area contributed by atoms with Gasteiger partial charge in [-0.1, -0.05) is 38.3 Å². The molecule has 1 rings (SSSR count). The Balaban J connectivity index is 1.97. The van der Waals surface area contributed by atoms with Gasteiger partial charge in [-0.05, 0) is 25.2 Å². The van der Waals surface area contributed by atoms with Crippen molar-refractivity contribution in [2.24, 2.45) is 17.6 Å². The number of carbonyl (C=O) groups is 1. The van der Waals surface area contributed by atoms with Gasteiger partial charge in [-0.2, -0.15) is 0 Å². The Kier molecular flexibility index (Phi) is 4.71. The predicted molar refractivity (Wildman–Crippen MR) is 58.7 cm³/mol. The van der Waals surface area contributed by atoms with E-state index in [2.05, 4.69) is 19.1 Å². The molecule has 0 spiro atoms. The van der Waals surface area contributed by atoms with Gasteiger partial charge in [0.25, 0.3) is 0 Å². The summed E-state index contributed by atoms with van der Waals surface area (Å²) in [5, 5.41) is 0. The third-order valence-electron chi connectivity index (χ3n) is 2.81. The van der Waals surface area contributed by atoms with Crippen LogP contribution in [0.1, 0.15) is 45.4 Å². The molecule has 1 saturated carbocycles. The van der Waals surface area contributed by atoms with Crippen LogP contribution in [0.5, 0.6) is 0 Å². The van der Waals surface area contributed by atoms with Crippen LogP contribution >= 0.6 is 0 Å². The van der Waals surface area contributed by atoms with Crippen molar-refractivity contribution in [3.63, 3.8) is 0 Å². The molecule has 0 aromatic carbocycles. The highest BCUT2D eigenvalue weighted by molar-refractivity contribution is 5.80. The molecule has 0 saturated heterocycles. The first-order valence-corrected chi connectivity index (χ1v) is 5.71. The summed E-state index contributed by atoms with van der Waals surface area (Å²) in [6.07, 6.45) is 11.7. The monoisotopic (exact) mass is 195 g/mol. The van der Waals surface area contributed by atoms with Crippen molar-refractivity contribution >= 4 is 5.91 Å². The van der Waals surface area contributed by atoms with Crippen molar-refractivity contribution in [3.8, 4) is 0 Å². The Morgan fingerprint density at radius 2 is 2.21 bits per heavy atom. The minimum atomic E-state index is -0.134. The lowest BCUT2D eigenvalue weighted by Gasteiger charge is -1.93. The van der Waals surface area contributed by atoms with E-state index in [4.69, 9.17) is 5.73 Å². The molecule has 1 fully saturated rings. The lowest BCUT2D eigenvalue weighted by Crippen LogP contribution is -2.13. The fourth-order valence-electron chi connectivity index (χ4n) is 1.71. The summed E-state index contributed by atoms with van der Waals surface area (Å²) in [4.78, 5) is 10.7. The van der Waals surface area contributed by atoms with E-state index in [1.807, 2.05) is 0 Å². The van der Waals surface area contributed by atoms with Crippen LogP contribution in [-0.2, 0) is 4.79 Å². The average Bonchev–Trinajstić information content (AvgIpc) is 2.90. The maximum Gasteiger partial charge on any atom is 0.221 e. The molecule has 2 atom stereocenters. The van der Waals surface area contributed by atoms with Gasteiger partial charge in [0.2, 0.25) is 5.91 Å². The minimum absolute atomic E-state index is 0.134. The zero-order chi connectivity index (χ0) is 10.4. The smallest absolute Gasteiger partial charge is 0.221 e. The molecule has 0 unspecified atom stereocenters. The summed E-state index contributed by atoms with van der Waals surface area (Å²) in [5.41, 5.74) is 5.19. The number of primary amides is 1. The number of amides is 1. The molecule has 0 aliphatic heterocycles. The van der Waals surface area contributed by atoms with Crippen LogP contribution in [0.3, 0.4) is 0 Å². The second kappa shape index (κ2) is 5.84. The Labute approximate surface area is 86.6 Å². The maximum atomic E-state index is 10.7. The van der Waals surface area contributed by atoms with E-state index >= 15 is 0 Å². The molecule has 1 amide bonds. The van der Waals surface area contributed by atoms with Gasteiger partial charge in [0, 0.05) is 5.92 Å². The van der Waals surface area contributed by atoms with Crippen LogP contribution in [0.15, 0.2) is 12.2 Å². The Hall–Kier alpha value is -0.790. The van der Waals surface area contributed by atoms with Gasteiger partial charge >= 0.3 is 0 Å². The van der Waals surface area contributed by atoms with Gasteiger partial charge in [-0.25, -0.2) is 0 Å². The van der Waals surface area contributed by atoms with E-state index in [1.54, 1.807) is 0 Å². The Morgan fingerprint density at radius 1 is 1.43 bits per heavy atom. The van der Waals surface area contributed by atoms with Crippen molar-refractivity contribution in [1.82, 2.24) is 0 Å².